The Kier molecular flexibility index (Phi) is 12.6. The van der Waals surface area contributed by atoms with Crippen LogP contribution in [0.3, 0.4) is 0 Å². The van der Waals surface area contributed by atoms with Gasteiger partial charge in [-0.05, 0) is 122 Å². The molecule has 4 unspecified atom stereocenters. The maximum atomic E-state index is 7.51. The van der Waals surface area contributed by atoms with E-state index in [2.05, 4.69) is 145 Å². The van der Waals surface area contributed by atoms with Gasteiger partial charge in [-0.3, -0.25) is 0 Å². The second-order valence-electron chi connectivity index (χ2n) is 20.1. The predicted octanol–water partition coefficient (Wildman–Crippen LogP) is 15.2. The van der Waals surface area contributed by atoms with Crippen molar-refractivity contribution >= 4 is 32.7 Å². The molecule has 4 aromatic rings. The van der Waals surface area contributed by atoms with E-state index in [-0.39, 0.29) is 31.8 Å². The van der Waals surface area contributed by atoms with Crippen molar-refractivity contribution in [1.82, 2.24) is 0 Å². The third kappa shape index (κ3) is 9.54. The van der Waals surface area contributed by atoms with E-state index in [0.29, 0.717) is 10.5 Å². The molecule has 0 amide bonds. The molecule has 0 N–H and O–H groups in total. The average molecular weight is 805 g/mol. The third-order valence-corrected chi connectivity index (χ3v) is 16.7. The molecule has 4 atom stereocenters. The summed E-state index contributed by atoms with van der Waals surface area (Å²) in [5.41, 5.74) is 17.6. The van der Waals surface area contributed by atoms with Gasteiger partial charge in [0.15, 0.2) is 0 Å². The van der Waals surface area contributed by atoms with E-state index < -0.39 is 5.79 Å². The normalized spacial score (nSPS) is 21.9. The second-order valence-corrected chi connectivity index (χ2v) is 24.0. The molecule has 1 aliphatic heterocycles. The smallest absolute Gasteiger partial charge is 0.245 e. The highest BCUT2D eigenvalue weighted by atomic mass is 32.2. The molecule has 0 spiro atoms. The molecule has 4 aromatic carbocycles. The third-order valence-electron chi connectivity index (χ3n) is 12.3. The molecule has 2 aliphatic rings. The van der Waals surface area contributed by atoms with Crippen LogP contribution < -0.4 is 9.47 Å². The SMILES string of the molecule is C=S1Cc2cc(C(C)(C)C)cc(-c3c(C)cc(C)cc3C)c2OC(C)(C)Oc2c(cc(C(C)(C)C)cc2-c2c(C)cc(C)cc2C)CS(=C)C2CCCCCCC21. The quantitative estimate of drug-likeness (QED) is 0.188. The topological polar surface area (TPSA) is 18.5 Å². The Hall–Kier alpha value is -3.08. The Bertz CT molecular complexity index is 2000. The van der Waals surface area contributed by atoms with Crippen LogP contribution in [-0.4, -0.2) is 28.0 Å². The minimum absolute atomic E-state index is 0.0474. The lowest BCUT2D eigenvalue weighted by Gasteiger charge is -2.34. The van der Waals surface area contributed by atoms with Crippen molar-refractivity contribution in [1.29, 1.82) is 0 Å². The molecule has 0 radical (unpaired) electrons. The van der Waals surface area contributed by atoms with Gasteiger partial charge in [-0.2, -0.15) is 21.0 Å². The number of ether oxygens (including phenoxy) is 2. The molecule has 6 rings (SSSR count). The van der Waals surface area contributed by atoms with Crippen molar-refractivity contribution < 1.29 is 9.47 Å². The minimum atomic E-state index is -1.01. The molecule has 1 aliphatic carbocycles. The molecule has 4 heteroatoms. The summed E-state index contributed by atoms with van der Waals surface area (Å²) in [6.45, 7) is 31.7. The number of fused-ring (bicyclic) bond motifs is 3. The Labute approximate surface area is 352 Å². The van der Waals surface area contributed by atoms with Crippen LogP contribution in [0.2, 0.25) is 0 Å². The summed E-state index contributed by atoms with van der Waals surface area (Å²) in [6.07, 6.45) is 7.61. The van der Waals surface area contributed by atoms with Gasteiger partial charge >= 0.3 is 0 Å². The van der Waals surface area contributed by atoms with Crippen molar-refractivity contribution in [3.63, 3.8) is 0 Å². The fraction of sp³-hybridized carbons (Fsp3) is 0.509. The zero-order valence-corrected chi connectivity index (χ0v) is 39.6. The van der Waals surface area contributed by atoms with Crippen LogP contribution in [0.25, 0.3) is 22.3 Å². The molecule has 2 nitrogen and oxygen atoms in total. The van der Waals surface area contributed by atoms with Crippen molar-refractivity contribution in [2.24, 2.45) is 0 Å². The van der Waals surface area contributed by atoms with E-state index in [1.54, 1.807) is 0 Å². The lowest BCUT2D eigenvalue weighted by molar-refractivity contribution is -0.0811. The standard InChI is InChI=1S/C53H72O2S2/c1-33-23-35(3)47(36(4)24-33)43-29-41(51(7,8)9)27-39-31-56(15)45-21-19-17-18-20-22-46(45)57(16)32-40-28-42(52(10,11)12)30-44(48-37(5)25-34(2)26-38(48)6)50(40)55-53(13,14)54-49(39)43/h23-30,45-46H,15-22,31-32H2,1-14H3. The average Bonchev–Trinajstić information content (AvgIpc) is 3.05. The Morgan fingerprint density at radius 1 is 0.526 bits per heavy atom. The number of rotatable bonds is 2. The molecular weight excluding hydrogens is 733 g/mol. The summed E-state index contributed by atoms with van der Waals surface area (Å²) in [5, 5.41) is 1.02. The highest BCUT2D eigenvalue weighted by molar-refractivity contribution is 8.17. The van der Waals surface area contributed by atoms with Gasteiger partial charge in [0.25, 0.3) is 0 Å². The summed E-state index contributed by atoms with van der Waals surface area (Å²) < 4.78 is 15.0. The first kappa shape index (κ1) is 43.5. The zero-order chi connectivity index (χ0) is 41.8. The minimum Gasteiger partial charge on any atom is -0.452 e. The van der Waals surface area contributed by atoms with Gasteiger partial charge in [0.05, 0.1) is 0 Å². The van der Waals surface area contributed by atoms with Crippen molar-refractivity contribution in [2.75, 3.05) is 0 Å². The number of aryl methyl sites for hydroxylation is 6. The number of benzene rings is 4. The molecule has 0 saturated heterocycles. The summed E-state index contributed by atoms with van der Waals surface area (Å²) in [4.78, 5) is 0. The lowest BCUT2D eigenvalue weighted by atomic mass is 9.82. The van der Waals surface area contributed by atoms with Crippen molar-refractivity contribution in [3.05, 3.63) is 104 Å². The van der Waals surface area contributed by atoms with Crippen LogP contribution in [-0.2, 0) is 22.3 Å². The van der Waals surface area contributed by atoms with E-state index in [9.17, 15) is 0 Å². The molecule has 1 heterocycles. The first-order valence-electron chi connectivity index (χ1n) is 21.4. The van der Waals surface area contributed by atoms with Crippen LogP contribution >= 0.6 is 21.0 Å². The molecule has 0 aromatic heterocycles. The van der Waals surface area contributed by atoms with Crippen LogP contribution in [0, 0.1) is 41.5 Å². The predicted molar refractivity (Wildman–Crippen MR) is 257 cm³/mol. The fourth-order valence-electron chi connectivity index (χ4n) is 9.59. The summed E-state index contributed by atoms with van der Waals surface area (Å²) in [6, 6.07) is 19.0. The largest absolute Gasteiger partial charge is 0.452 e. The molecular formula is C53H72O2S2. The van der Waals surface area contributed by atoms with Crippen LogP contribution in [0.1, 0.15) is 150 Å². The van der Waals surface area contributed by atoms with E-state index in [4.69, 9.17) is 21.2 Å². The highest BCUT2D eigenvalue weighted by Gasteiger charge is 2.35. The molecule has 1 fully saturated rings. The summed E-state index contributed by atoms with van der Waals surface area (Å²) in [7, 11) is -0.271. The van der Waals surface area contributed by atoms with Gasteiger partial charge in [0, 0.05) is 58.1 Å². The summed E-state index contributed by atoms with van der Waals surface area (Å²) in [5.74, 6) is 12.9. The van der Waals surface area contributed by atoms with Gasteiger partial charge in [-0.15, -0.1) is 0 Å². The van der Waals surface area contributed by atoms with Gasteiger partial charge in [0.2, 0.25) is 5.79 Å². The van der Waals surface area contributed by atoms with E-state index in [1.807, 2.05) is 0 Å². The Morgan fingerprint density at radius 3 is 1.18 bits per heavy atom. The molecule has 308 valence electrons. The monoisotopic (exact) mass is 804 g/mol. The Morgan fingerprint density at radius 2 is 0.860 bits per heavy atom. The maximum absolute atomic E-state index is 7.51. The first-order chi connectivity index (χ1) is 26.5. The molecule has 0 bridgehead atoms. The van der Waals surface area contributed by atoms with E-state index >= 15 is 0 Å². The summed E-state index contributed by atoms with van der Waals surface area (Å²) >= 11 is 0. The van der Waals surface area contributed by atoms with Crippen LogP contribution in [0.5, 0.6) is 11.5 Å². The van der Waals surface area contributed by atoms with Crippen molar-refractivity contribution in [2.45, 2.75) is 174 Å². The maximum Gasteiger partial charge on any atom is 0.245 e. The van der Waals surface area contributed by atoms with Crippen molar-refractivity contribution in [3.8, 4) is 33.8 Å². The van der Waals surface area contributed by atoms with Crippen LogP contribution in [0.4, 0.5) is 0 Å². The van der Waals surface area contributed by atoms with E-state index in [0.717, 1.165) is 34.1 Å². The van der Waals surface area contributed by atoms with Gasteiger partial charge in [0.1, 0.15) is 11.5 Å². The zero-order valence-electron chi connectivity index (χ0n) is 38.0. The second kappa shape index (κ2) is 16.5. The number of hydrogen-bond donors (Lipinski definition) is 0. The molecule has 1 saturated carbocycles. The lowest BCUT2D eigenvalue weighted by Crippen LogP contribution is -2.36. The first-order valence-corrected chi connectivity index (χ1v) is 24.7. The number of hydrogen-bond acceptors (Lipinski definition) is 2. The highest BCUT2D eigenvalue weighted by Crippen LogP contribution is 2.51. The van der Waals surface area contributed by atoms with Gasteiger partial charge < -0.3 is 9.47 Å². The van der Waals surface area contributed by atoms with E-state index in [1.165, 1.54) is 105 Å². The fourth-order valence-corrected chi connectivity index (χ4v) is 14.3. The molecule has 57 heavy (non-hydrogen) atoms. The van der Waals surface area contributed by atoms with Crippen LogP contribution in [0.15, 0.2) is 48.5 Å². The van der Waals surface area contributed by atoms with Gasteiger partial charge in [-0.25, -0.2) is 0 Å². The Balaban J connectivity index is 1.70. The van der Waals surface area contributed by atoms with Gasteiger partial charge in [-0.1, -0.05) is 126 Å².